The van der Waals surface area contributed by atoms with Crippen molar-refractivity contribution in [1.29, 1.82) is 0 Å². The predicted molar refractivity (Wildman–Crippen MR) is 78.6 cm³/mol. The van der Waals surface area contributed by atoms with Crippen molar-refractivity contribution in [1.82, 2.24) is 4.98 Å². The smallest absolute Gasteiger partial charge is 0.309 e. The molecule has 2 rings (SSSR count). The van der Waals surface area contributed by atoms with Crippen LogP contribution in [-0.2, 0) is 29.1 Å². The maximum atomic E-state index is 11.4. The molecule has 1 aromatic carbocycles. The van der Waals surface area contributed by atoms with Crippen LogP contribution in [0.5, 0.6) is 5.75 Å². The molecule has 0 aliphatic carbocycles. The highest BCUT2D eigenvalue weighted by Crippen LogP contribution is 2.15. The Morgan fingerprint density at radius 1 is 1.19 bits per heavy atom. The molecule has 2 aromatic rings. The predicted octanol–water partition coefficient (Wildman–Crippen LogP) is 1.83. The summed E-state index contributed by atoms with van der Waals surface area (Å²) in [6.45, 7) is 0.777. The van der Waals surface area contributed by atoms with Crippen LogP contribution >= 0.6 is 0 Å². The van der Waals surface area contributed by atoms with E-state index in [4.69, 9.17) is 15.2 Å². The number of carbonyl (C=O) groups is 1. The Hall–Kier alpha value is -2.40. The van der Waals surface area contributed by atoms with Crippen molar-refractivity contribution in [2.75, 3.05) is 7.11 Å². The third-order valence-electron chi connectivity index (χ3n) is 3.08. The van der Waals surface area contributed by atoms with Crippen molar-refractivity contribution in [3.8, 4) is 5.75 Å². The average Bonchev–Trinajstić information content (AvgIpc) is 2.54. The van der Waals surface area contributed by atoms with E-state index in [-0.39, 0.29) is 12.4 Å². The van der Waals surface area contributed by atoms with Gasteiger partial charge in [-0.1, -0.05) is 24.3 Å². The first kappa shape index (κ1) is 15.0. The Balaban J connectivity index is 2.03. The van der Waals surface area contributed by atoms with Gasteiger partial charge in [-0.2, -0.15) is 0 Å². The highest BCUT2D eigenvalue weighted by Gasteiger charge is 2.08. The van der Waals surface area contributed by atoms with Crippen molar-refractivity contribution < 1.29 is 14.3 Å². The lowest BCUT2D eigenvalue weighted by Crippen LogP contribution is -2.08. The van der Waals surface area contributed by atoms with Crippen molar-refractivity contribution >= 4 is 5.97 Å². The molecule has 0 saturated carbocycles. The molecule has 5 nitrogen and oxygen atoms in total. The first-order chi connectivity index (χ1) is 10.2. The van der Waals surface area contributed by atoms with Crippen LogP contribution in [0, 0.1) is 0 Å². The monoisotopic (exact) mass is 286 g/mol. The molecule has 110 valence electrons. The van der Waals surface area contributed by atoms with Gasteiger partial charge in [0.1, 0.15) is 12.4 Å². The van der Waals surface area contributed by atoms with Crippen LogP contribution in [0.3, 0.4) is 0 Å². The van der Waals surface area contributed by atoms with Gasteiger partial charge in [0, 0.05) is 6.54 Å². The fourth-order valence-electron chi connectivity index (χ4n) is 1.88. The minimum atomic E-state index is -0.267. The number of nitrogens with zero attached hydrogens (tertiary/aromatic N) is 1. The molecule has 0 radical (unpaired) electrons. The number of pyridine rings is 1. The maximum Gasteiger partial charge on any atom is 0.309 e. The lowest BCUT2D eigenvalue weighted by molar-refractivity contribution is -0.139. The molecule has 0 spiro atoms. The van der Waals surface area contributed by atoms with E-state index in [1.54, 1.807) is 6.20 Å². The third kappa shape index (κ3) is 4.29. The van der Waals surface area contributed by atoms with Crippen LogP contribution in [0.15, 0.2) is 42.6 Å². The fourth-order valence-corrected chi connectivity index (χ4v) is 1.88. The van der Waals surface area contributed by atoms with Gasteiger partial charge in [0.2, 0.25) is 0 Å². The zero-order valence-corrected chi connectivity index (χ0v) is 11.9. The van der Waals surface area contributed by atoms with Gasteiger partial charge in [0.25, 0.3) is 0 Å². The lowest BCUT2D eigenvalue weighted by Gasteiger charge is -2.10. The Morgan fingerprint density at radius 2 is 1.95 bits per heavy atom. The van der Waals surface area contributed by atoms with E-state index in [0.717, 1.165) is 16.8 Å². The van der Waals surface area contributed by atoms with E-state index in [1.165, 1.54) is 7.11 Å². The van der Waals surface area contributed by atoms with E-state index in [1.807, 2.05) is 36.4 Å². The van der Waals surface area contributed by atoms with Crippen LogP contribution in [0.1, 0.15) is 16.8 Å². The molecular formula is C16H18N2O3. The summed E-state index contributed by atoms with van der Waals surface area (Å²) in [4.78, 5) is 15.6. The van der Waals surface area contributed by atoms with Crippen LogP contribution in [-0.4, -0.2) is 18.1 Å². The van der Waals surface area contributed by atoms with Crippen molar-refractivity contribution in [3.05, 3.63) is 59.4 Å². The quantitative estimate of drug-likeness (QED) is 0.820. The molecular weight excluding hydrogens is 268 g/mol. The Kier molecular flexibility index (Phi) is 5.29. The minimum absolute atomic E-state index is 0.237. The standard InChI is InChI=1S/C16H18N2O3/c1-20-16(19)8-12-4-2-3-5-13(12)11-21-15-7-6-14(9-17)18-10-15/h2-7,10H,8-9,11,17H2,1H3. The molecule has 0 bridgehead atoms. The number of rotatable bonds is 6. The molecule has 2 N–H and O–H groups in total. The zero-order valence-electron chi connectivity index (χ0n) is 11.9. The summed E-state index contributed by atoms with van der Waals surface area (Å²) in [6, 6.07) is 11.3. The van der Waals surface area contributed by atoms with Crippen LogP contribution in [0.2, 0.25) is 0 Å². The zero-order chi connectivity index (χ0) is 15.1. The van der Waals surface area contributed by atoms with Gasteiger partial charge in [-0.3, -0.25) is 9.78 Å². The second-order valence-electron chi connectivity index (χ2n) is 4.50. The molecule has 0 unspecified atom stereocenters. The number of esters is 1. The Bertz CT molecular complexity index is 597. The topological polar surface area (TPSA) is 74.4 Å². The molecule has 0 aliphatic heterocycles. The van der Waals surface area contributed by atoms with Crippen LogP contribution in [0.25, 0.3) is 0 Å². The number of nitrogens with two attached hydrogens (primary N) is 1. The van der Waals surface area contributed by atoms with Gasteiger partial charge in [0.15, 0.2) is 0 Å². The number of carbonyl (C=O) groups excluding carboxylic acids is 1. The lowest BCUT2D eigenvalue weighted by atomic mass is 10.1. The molecule has 0 fully saturated rings. The summed E-state index contributed by atoms with van der Waals surface area (Å²) < 4.78 is 10.4. The number of hydrogen-bond donors (Lipinski definition) is 1. The van der Waals surface area contributed by atoms with E-state index >= 15 is 0 Å². The van der Waals surface area contributed by atoms with E-state index in [2.05, 4.69) is 4.98 Å². The summed E-state index contributed by atoms with van der Waals surface area (Å²) >= 11 is 0. The SMILES string of the molecule is COC(=O)Cc1ccccc1COc1ccc(CN)nc1. The molecule has 0 saturated heterocycles. The highest BCUT2D eigenvalue weighted by molar-refractivity contribution is 5.72. The van der Waals surface area contributed by atoms with Gasteiger partial charge < -0.3 is 15.2 Å². The van der Waals surface area contributed by atoms with Crippen molar-refractivity contribution in [2.24, 2.45) is 5.73 Å². The third-order valence-corrected chi connectivity index (χ3v) is 3.08. The largest absolute Gasteiger partial charge is 0.487 e. The molecule has 5 heteroatoms. The fraction of sp³-hybridized carbons (Fsp3) is 0.250. The first-order valence-electron chi connectivity index (χ1n) is 6.64. The molecule has 1 aromatic heterocycles. The Morgan fingerprint density at radius 3 is 2.57 bits per heavy atom. The molecule has 0 amide bonds. The summed E-state index contributed by atoms with van der Waals surface area (Å²) in [6.07, 6.45) is 1.88. The normalized spacial score (nSPS) is 10.2. The number of methoxy groups -OCH3 is 1. The number of ether oxygens (including phenoxy) is 2. The van der Waals surface area contributed by atoms with E-state index < -0.39 is 0 Å². The van der Waals surface area contributed by atoms with Crippen molar-refractivity contribution in [3.63, 3.8) is 0 Å². The van der Waals surface area contributed by atoms with E-state index in [9.17, 15) is 4.79 Å². The first-order valence-corrected chi connectivity index (χ1v) is 6.64. The summed E-state index contributed by atoms with van der Waals surface area (Å²) in [5, 5.41) is 0. The van der Waals surface area contributed by atoms with Crippen LogP contribution in [0.4, 0.5) is 0 Å². The van der Waals surface area contributed by atoms with Gasteiger partial charge in [0.05, 0.1) is 25.4 Å². The summed E-state index contributed by atoms with van der Waals surface area (Å²) in [5.74, 6) is 0.400. The summed E-state index contributed by atoms with van der Waals surface area (Å²) in [5.41, 5.74) is 8.16. The highest BCUT2D eigenvalue weighted by atomic mass is 16.5. The molecule has 21 heavy (non-hydrogen) atoms. The number of benzene rings is 1. The Labute approximate surface area is 123 Å². The van der Waals surface area contributed by atoms with Gasteiger partial charge in [-0.25, -0.2) is 0 Å². The minimum Gasteiger partial charge on any atom is -0.487 e. The number of aromatic nitrogens is 1. The van der Waals surface area contributed by atoms with Gasteiger partial charge in [-0.15, -0.1) is 0 Å². The second kappa shape index (κ2) is 7.40. The number of hydrogen-bond acceptors (Lipinski definition) is 5. The van der Waals surface area contributed by atoms with Crippen LogP contribution < -0.4 is 10.5 Å². The second-order valence-corrected chi connectivity index (χ2v) is 4.50. The molecule has 1 heterocycles. The molecule has 0 aliphatic rings. The van der Waals surface area contributed by atoms with E-state index in [0.29, 0.717) is 18.9 Å². The van der Waals surface area contributed by atoms with Crippen molar-refractivity contribution in [2.45, 2.75) is 19.6 Å². The molecule has 0 atom stereocenters. The average molecular weight is 286 g/mol. The van der Waals surface area contributed by atoms with Gasteiger partial charge >= 0.3 is 5.97 Å². The summed E-state index contributed by atoms with van der Waals surface area (Å²) in [7, 11) is 1.38. The van der Waals surface area contributed by atoms with Gasteiger partial charge in [-0.05, 0) is 23.3 Å². The maximum absolute atomic E-state index is 11.4.